The molecule has 1 heterocycles. The number of amides is 1. The zero-order valence-electron chi connectivity index (χ0n) is 14.2. The fourth-order valence-electron chi connectivity index (χ4n) is 3.40. The topological polar surface area (TPSA) is 41.1 Å². The zero-order valence-corrected chi connectivity index (χ0v) is 14.9. The predicted molar refractivity (Wildman–Crippen MR) is 99.7 cm³/mol. The smallest absolute Gasteiger partial charge is 0.257 e. The van der Waals surface area contributed by atoms with Crippen molar-refractivity contribution in [2.24, 2.45) is 5.92 Å². The minimum Gasteiger partial charge on any atom is -0.322 e. The van der Waals surface area contributed by atoms with E-state index in [1.807, 2.05) is 18.2 Å². The van der Waals surface area contributed by atoms with Crippen molar-refractivity contribution in [2.75, 3.05) is 11.9 Å². The maximum Gasteiger partial charge on any atom is 0.257 e. The molecule has 1 saturated heterocycles. The summed E-state index contributed by atoms with van der Waals surface area (Å²) in [5, 5.41) is 6.42. The van der Waals surface area contributed by atoms with Crippen LogP contribution in [0.15, 0.2) is 42.5 Å². The van der Waals surface area contributed by atoms with Gasteiger partial charge < -0.3 is 10.6 Å². The van der Waals surface area contributed by atoms with Crippen LogP contribution in [0.2, 0.25) is 5.02 Å². The second kappa shape index (κ2) is 7.98. The lowest BCUT2D eigenvalue weighted by Crippen LogP contribution is -2.36. The van der Waals surface area contributed by atoms with Crippen molar-refractivity contribution < 1.29 is 9.18 Å². The van der Waals surface area contributed by atoms with Gasteiger partial charge in [-0.05, 0) is 74.5 Å². The van der Waals surface area contributed by atoms with Gasteiger partial charge in [0.15, 0.2) is 0 Å². The first kappa shape index (κ1) is 17.9. The quantitative estimate of drug-likeness (QED) is 0.832. The first-order valence-corrected chi connectivity index (χ1v) is 8.98. The number of rotatable bonds is 4. The molecule has 2 N–H and O–H groups in total. The number of carbonyl (C=O) groups excluding carboxylic acids is 1. The highest BCUT2D eigenvalue weighted by Gasteiger charge is 2.18. The van der Waals surface area contributed by atoms with Crippen LogP contribution in [0, 0.1) is 11.7 Å². The van der Waals surface area contributed by atoms with Crippen LogP contribution in [-0.2, 0) is 6.42 Å². The summed E-state index contributed by atoms with van der Waals surface area (Å²) in [5.74, 6) is -0.133. The van der Waals surface area contributed by atoms with Crippen molar-refractivity contribution in [1.82, 2.24) is 5.32 Å². The fourth-order valence-corrected chi connectivity index (χ4v) is 3.65. The fraction of sp³-hybridized carbons (Fsp3) is 0.350. The summed E-state index contributed by atoms with van der Waals surface area (Å²) in [5.41, 5.74) is 2.20. The Kier molecular flexibility index (Phi) is 5.71. The molecule has 5 heteroatoms. The third kappa shape index (κ3) is 4.80. The highest BCUT2D eigenvalue weighted by atomic mass is 35.5. The summed E-state index contributed by atoms with van der Waals surface area (Å²) in [6.07, 6.45) is 3.35. The molecular weight excluding hydrogens is 339 g/mol. The minimum absolute atomic E-state index is 0.109. The van der Waals surface area contributed by atoms with Crippen LogP contribution in [0.5, 0.6) is 0 Å². The van der Waals surface area contributed by atoms with Crippen molar-refractivity contribution in [3.8, 4) is 0 Å². The molecule has 0 radical (unpaired) electrons. The first-order valence-electron chi connectivity index (χ1n) is 8.60. The summed E-state index contributed by atoms with van der Waals surface area (Å²) >= 11 is 5.96. The second-order valence-electron chi connectivity index (χ2n) is 6.73. The van der Waals surface area contributed by atoms with Gasteiger partial charge in [-0.2, -0.15) is 0 Å². The molecule has 0 unspecified atom stereocenters. The largest absolute Gasteiger partial charge is 0.322 e. The SMILES string of the molecule is C[C@@H]1C[C@H](Cc2cccc(NC(=O)c3ccc(F)cc3Cl)c2)CCN1. The minimum atomic E-state index is -0.459. The van der Waals surface area contributed by atoms with Gasteiger partial charge in [-0.25, -0.2) is 4.39 Å². The van der Waals surface area contributed by atoms with Crippen LogP contribution in [0.1, 0.15) is 35.7 Å². The Morgan fingerprint density at radius 1 is 1.32 bits per heavy atom. The van der Waals surface area contributed by atoms with Crippen molar-refractivity contribution in [1.29, 1.82) is 0 Å². The lowest BCUT2D eigenvalue weighted by atomic mass is 9.87. The lowest BCUT2D eigenvalue weighted by Gasteiger charge is -2.28. The van der Waals surface area contributed by atoms with E-state index < -0.39 is 5.82 Å². The van der Waals surface area contributed by atoms with Crippen molar-refractivity contribution in [3.63, 3.8) is 0 Å². The number of hydrogen-bond acceptors (Lipinski definition) is 2. The molecule has 132 valence electrons. The monoisotopic (exact) mass is 360 g/mol. The molecule has 0 spiro atoms. The second-order valence-corrected chi connectivity index (χ2v) is 7.14. The highest BCUT2D eigenvalue weighted by Crippen LogP contribution is 2.23. The Morgan fingerprint density at radius 2 is 2.16 bits per heavy atom. The maximum absolute atomic E-state index is 13.1. The number of hydrogen-bond donors (Lipinski definition) is 2. The normalized spacial score (nSPS) is 20.3. The van der Waals surface area contributed by atoms with Gasteiger partial charge in [-0.1, -0.05) is 23.7 Å². The van der Waals surface area contributed by atoms with Gasteiger partial charge >= 0.3 is 0 Å². The van der Waals surface area contributed by atoms with E-state index in [4.69, 9.17) is 11.6 Å². The van der Waals surface area contributed by atoms with Gasteiger partial charge in [0.1, 0.15) is 5.82 Å². The molecule has 2 aromatic carbocycles. The van der Waals surface area contributed by atoms with Crippen molar-refractivity contribution in [3.05, 3.63) is 64.4 Å². The van der Waals surface area contributed by atoms with Gasteiger partial charge in [0.25, 0.3) is 5.91 Å². The van der Waals surface area contributed by atoms with E-state index >= 15 is 0 Å². The van der Waals surface area contributed by atoms with E-state index in [1.165, 1.54) is 30.5 Å². The molecule has 3 rings (SSSR count). The van der Waals surface area contributed by atoms with E-state index in [9.17, 15) is 9.18 Å². The van der Waals surface area contributed by atoms with Crippen LogP contribution >= 0.6 is 11.6 Å². The number of piperidine rings is 1. The molecule has 1 aliphatic heterocycles. The number of halogens is 2. The van der Waals surface area contributed by atoms with Crippen LogP contribution in [0.25, 0.3) is 0 Å². The van der Waals surface area contributed by atoms with Gasteiger partial charge in [0, 0.05) is 11.7 Å². The molecule has 1 aliphatic rings. The Hall–Kier alpha value is -1.91. The van der Waals surface area contributed by atoms with Gasteiger partial charge in [0.2, 0.25) is 0 Å². The number of benzene rings is 2. The average Bonchev–Trinajstić information content (AvgIpc) is 2.55. The third-order valence-electron chi connectivity index (χ3n) is 4.62. The number of nitrogens with one attached hydrogen (secondary N) is 2. The van der Waals surface area contributed by atoms with Gasteiger partial charge in [0.05, 0.1) is 10.6 Å². The van der Waals surface area contributed by atoms with E-state index in [1.54, 1.807) is 0 Å². The van der Waals surface area contributed by atoms with E-state index in [-0.39, 0.29) is 16.5 Å². The molecule has 0 aliphatic carbocycles. The van der Waals surface area contributed by atoms with E-state index in [0.717, 1.165) is 24.7 Å². The Labute approximate surface area is 152 Å². The molecule has 2 atom stereocenters. The molecule has 25 heavy (non-hydrogen) atoms. The summed E-state index contributed by atoms with van der Waals surface area (Å²) in [6, 6.07) is 12.2. The Bertz CT molecular complexity index is 765. The predicted octanol–water partition coefficient (Wildman–Crippen LogP) is 4.66. The van der Waals surface area contributed by atoms with Crippen LogP contribution in [-0.4, -0.2) is 18.5 Å². The molecule has 1 fully saturated rings. The van der Waals surface area contributed by atoms with E-state index in [0.29, 0.717) is 12.0 Å². The Morgan fingerprint density at radius 3 is 2.92 bits per heavy atom. The summed E-state index contributed by atoms with van der Waals surface area (Å²) in [6.45, 7) is 3.28. The molecule has 0 bridgehead atoms. The van der Waals surface area contributed by atoms with Crippen molar-refractivity contribution in [2.45, 2.75) is 32.2 Å². The molecule has 0 aromatic heterocycles. The summed E-state index contributed by atoms with van der Waals surface area (Å²) in [4.78, 5) is 12.4. The van der Waals surface area contributed by atoms with Crippen LogP contribution in [0.4, 0.5) is 10.1 Å². The van der Waals surface area contributed by atoms with E-state index in [2.05, 4.69) is 23.6 Å². The standard InChI is InChI=1S/C20H22ClFN2O/c1-13-9-15(7-8-23-13)10-14-3-2-4-17(11-14)24-20(25)18-6-5-16(22)12-19(18)21/h2-6,11-13,15,23H,7-10H2,1H3,(H,24,25)/t13-,15-/m1/s1. The number of anilines is 1. The summed E-state index contributed by atoms with van der Waals surface area (Å²) < 4.78 is 13.1. The molecule has 0 saturated carbocycles. The molecule has 3 nitrogen and oxygen atoms in total. The summed E-state index contributed by atoms with van der Waals surface area (Å²) in [7, 11) is 0. The average molecular weight is 361 g/mol. The highest BCUT2D eigenvalue weighted by molar-refractivity contribution is 6.34. The first-order chi connectivity index (χ1) is 12.0. The number of carbonyl (C=O) groups is 1. The zero-order chi connectivity index (χ0) is 17.8. The maximum atomic E-state index is 13.1. The van der Waals surface area contributed by atoms with Crippen molar-refractivity contribution >= 4 is 23.2 Å². The van der Waals surface area contributed by atoms with Crippen LogP contribution < -0.4 is 10.6 Å². The molecule has 2 aromatic rings. The van der Waals surface area contributed by atoms with Gasteiger partial charge in [-0.3, -0.25) is 4.79 Å². The van der Waals surface area contributed by atoms with Gasteiger partial charge in [-0.15, -0.1) is 0 Å². The molecule has 1 amide bonds. The third-order valence-corrected chi connectivity index (χ3v) is 4.93. The Balaban J connectivity index is 1.67. The van der Waals surface area contributed by atoms with Crippen LogP contribution in [0.3, 0.4) is 0 Å². The lowest BCUT2D eigenvalue weighted by molar-refractivity contribution is 0.102. The molecular formula is C20H22ClFN2O.